The molecule has 1 N–H and O–H groups in total. The van der Waals surface area contributed by atoms with E-state index in [1.807, 2.05) is 23.1 Å². The molecule has 1 aromatic rings. The van der Waals surface area contributed by atoms with E-state index in [2.05, 4.69) is 6.92 Å². The first kappa shape index (κ1) is 14.9. The molecule has 108 valence electrons. The molecule has 2 unspecified atom stereocenters. The van der Waals surface area contributed by atoms with Crippen LogP contribution in [0, 0.1) is 5.92 Å². The summed E-state index contributed by atoms with van der Waals surface area (Å²) in [4.78, 5) is 26.1. The number of hydrogen-bond donors (Lipinski definition) is 1. The van der Waals surface area contributed by atoms with Gasteiger partial charge in [0.2, 0.25) is 0 Å². The van der Waals surface area contributed by atoms with Gasteiger partial charge in [0.15, 0.2) is 0 Å². The third-order valence-electron chi connectivity index (χ3n) is 3.48. The standard InChI is InChI=1S/C15H19NO3S/c1-10-7-8-16(9-10)14(17)12-5-3-4-6-13(12)20-11(2)15(18)19/h3-6,10-11H,7-9H2,1-2H3,(H,18,19). The van der Waals surface area contributed by atoms with Crippen LogP contribution in [0.3, 0.4) is 0 Å². The Labute approximate surface area is 123 Å². The highest BCUT2D eigenvalue weighted by molar-refractivity contribution is 8.00. The van der Waals surface area contributed by atoms with Crippen LogP contribution in [0.25, 0.3) is 0 Å². The monoisotopic (exact) mass is 293 g/mol. The van der Waals surface area contributed by atoms with Gasteiger partial charge in [0.25, 0.3) is 5.91 Å². The second-order valence-electron chi connectivity index (χ2n) is 5.24. The molecule has 0 radical (unpaired) electrons. The van der Waals surface area contributed by atoms with Crippen molar-refractivity contribution >= 4 is 23.6 Å². The largest absolute Gasteiger partial charge is 0.480 e. The molecule has 1 amide bonds. The zero-order valence-electron chi connectivity index (χ0n) is 11.7. The summed E-state index contributed by atoms with van der Waals surface area (Å²) < 4.78 is 0. The van der Waals surface area contributed by atoms with Crippen molar-refractivity contribution in [1.82, 2.24) is 4.90 Å². The van der Waals surface area contributed by atoms with Crippen LogP contribution in [0.4, 0.5) is 0 Å². The third-order valence-corrected chi connectivity index (χ3v) is 4.65. The molecule has 1 fully saturated rings. The first-order valence-electron chi connectivity index (χ1n) is 6.76. The number of carbonyl (C=O) groups is 2. The van der Waals surface area contributed by atoms with Crippen molar-refractivity contribution in [3.8, 4) is 0 Å². The number of amides is 1. The lowest BCUT2D eigenvalue weighted by molar-refractivity contribution is -0.136. The van der Waals surface area contributed by atoms with Gasteiger partial charge in [-0.3, -0.25) is 9.59 Å². The van der Waals surface area contributed by atoms with E-state index < -0.39 is 11.2 Å². The number of benzene rings is 1. The number of carboxylic acids is 1. The molecule has 0 bridgehead atoms. The maximum atomic E-state index is 12.5. The highest BCUT2D eigenvalue weighted by atomic mass is 32.2. The number of aliphatic carboxylic acids is 1. The van der Waals surface area contributed by atoms with E-state index in [4.69, 9.17) is 5.11 Å². The van der Waals surface area contributed by atoms with E-state index in [1.54, 1.807) is 13.0 Å². The van der Waals surface area contributed by atoms with E-state index >= 15 is 0 Å². The van der Waals surface area contributed by atoms with Crippen molar-refractivity contribution in [1.29, 1.82) is 0 Å². The fourth-order valence-corrected chi connectivity index (χ4v) is 3.20. The first-order chi connectivity index (χ1) is 9.49. The molecule has 1 aromatic carbocycles. The molecule has 20 heavy (non-hydrogen) atoms. The van der Waals surface area contributed by atoms with Crippen LogP contribution in [0.2, 0.25) is 0 Å². The summed E-state index contributed by atoms with van der Waals surface area (Å²) >= 11 is 1.22. The van der Waals surface area contributed by atoms with Crippen LogP contribution in [0.5, 0.6) is 0 Å². The van der Waals surface area contributed by atoms with Gasteiger partial charge < -0.3 is 10.0 Å². The average Bonchev–Trinajstić information content (AvgIpc) is 2.85. The van der Waals surface area contributed by atoms with E-state index in [-0.39, 0.29) is 5.91 Å². The van der Waals surface area contributed by atoms with Gasteiger partial charge in [-0.2, -0.15) is 0 Å². The number of thioether (sulfide) groups is 1. The maximum absolute atomic E-state index is 12.5. The van der Waals surface area contributed by atoms with Crippen LogP contribution < -0.4 is 0 Å². The van der Waals surface area contributed by atoms with Gasteiger partial charge in [0.1, 0.15) is 5.25 Å². The molecular weight excluding hydrogens is 274 g/mol. The summed E-state index contributed by atoms with van der Waals surface area (Å²) in [6, 6.07) is 7.25. The lowest BCUT2D eigenvalue weighted by atomic mass is 10.2. The molecule has 1 saturated heterocycles. The van der Waals surface area contributed by atoms with Crippen molar-refractivity contribution in [2.45, 2.75) is 30.4 Å². The number of rotatable bonds is 4. The van der Waals surface area contributed by atoms with Crippen LogP contribution in [-0.2, 0) is 4.79 Å². The minimum absolute atomic E-state index is 0.00930. The molecule has 0 saturated carbocycles. The van der Waals surface area contributed by atoms with Crippen molar-refractivity contribution in [2.24, 2.45) is 5.92 Å². The third kappa shape index (κ3) is 3.33. The topological polar surface area (TPSA) is 57.6 Å². The van der Waals surface area contributed by atoms with Crippen molar-refractivity contribution < 1.29 is 14.7 Å². The molecule has 5 heteroatoms. The molecule has 2 atom stereocenters. The summed E-state index contributed by atoms with van der Waals surface area (Å²) in [5.74, 6) is -0.321. The predicted octanol–water partition coefficient (Wildman–Crippen LogP) is 2.73. The SMILES string of the molecule is CC1CCN(C(=O)c2ccccc2SC(C)C(=O)O)C1. The highest BCUT2D eigenvalue weighted by Crippen LogP contribution is 2.29. The van der Waals surface area contributed by atoms with E-state index in [9.17, 15) is 9.59 Å². The Hall–Kier alpha value is -1.49. The molecule has 1 aliphatic rings. The normalized spacial score (nSPS) is 19.9. The van der Waals surface area contributed by atoms with Gasteiger partial charge in [-0.05, 0) is 31.4 Å². The van der Waals surface area contributed by atoms with Gasteiger partial charge in [0, 0.05) is 18.0 Å². The van der Waals surface area contributed by atoms with E-state index in [0.29, 0.717) is 11.5 Å². The Bertz CT molecular complexity index is 518. The van der Waals surface area contributed by atoms with Crippen LogP contribution in [-0.4, -0.2) is 40.2 Å². The Morgan fingerprint density at radius 3 is 2.70 bits per heavy atom. The highest BCUT2D eigenvalue weighted by Gasteiger charge is 2.26. The lowest BCUT2D eigenvalue weighted by Gasteiger charge is -2.18. The number of hydrogen-bond acceptors (Lipinski definition) is 3. The molecule has 4 nitrogen and oxygen atoms in total. The molecular formula is C15H19NO3S. The van der Waals surface area contributed by atoms with Crippen LogP contribution >= 0.6 is 11.8 Å². The maximum Gasteiger partial charge on any atom is 0.316 e. The molecule has 1 heterocycles. The zero-order valence-corrected chi connectivity index (χ0v) is 12.5. The summed E-state index contributed by atoms with van der Waals surface area (Å²) in [7, 11) is 0. The van der Waals surface area contributed by atoms with Crippen LogP contribution in [0.15, 0.2) is 29.2 Å². The zero-order chi connectivity index (χ0) is 14.7. The molecule has 0 aromatic heterocycles. The van der Waals surface area contributed by atoms with Gasteiger partial charge in [-0.1, -0.05) is 19.1 Å². The minimum atomic E-state index is -0.868. The fourth-order valence-electron chi connectivity index (χ4n) is 2.28. The predicted molar refractivity (Wildman–Crippen MR) is 79.1 cm³/mol. The van der Waals surface area contributed by atoms with E-state index in [1.165, 1.54) is 11.8 Å². The van der Waals surface area contributed by atoms with Gasteiger partial charge >= 0.3 is 5.97 Å². The molecule has 2 rings (SSSR count). The summed E-state index contributed by atoms with van der Waals surface area (Å²) in [5.41, 5.74) is 0.611. The Balaban J connectivity index is 2.19. The smallest absolute Gasteiger partial charge is 0.316 e. The second kappa shape index (κ2) is 6.31. The fraction of sp³-hybridized carbons (Fsp3) is 0.467. The van der Waals surface area contributed by atoms with Crippen molar-refractivity contribution in [3.63, 3.8) is 0 Å². The number of nitrogens with zero attached hydrogens (tertiary/aromatic N) is 1. The number of carbonyl (C=O) groups excluding carboxylic acids is 1. The molecule has 1 aliphatic heterocycles. The van der Waals surface area contributed by atoms with Gasteiger partial charge in [-0.25, -0.2) is 0 Å². The van der Waals surface area contributed by atoms with Gasteiger partial charge in [0.05, 0.1) is 5.56 Å². The Morgan fingerprint density at radius 2 is 2.10 bits per heavy atom. The van der Waals surface area contributed by atoms with Crippen LogP contribution in [0.1, 0.15) is 30.6 Å². The van der Waals surface area contributed by atoms with E-state index in [0.717, 1.165) is 24.4 Å². The first-order valence-corrected chi connectivity index (χ1v) is 7.64. The minimum Gasteiger partial charge on any atom is -0.480 e. The summed E-state index contributed by atoms with van der Waals surface area (Å²) in [6.45, 7) is 5.34. The number of carboxylic acid groups (broad SMARTS) is 1. The summed E-state index contributed by atoms with van der Waals surface area (Å²) in [5, 5.41) is 8.43. The Kier molecular flexibility index (Phi) is 4.70. The molecule has 0 spiro atoms. The number of likely N-dealkylation sites (tertiary alicyclic amines) is 1. The quantitative estimate of drug-likeness (QED) is 0.867. The average molecular weight is 293 g/mol. The van der Waals surface area contributed by atoms with Crippen molar-refractivity contribution in [3.05, 3.63) is 29.8 Å². The molecule has 0 aliphatic carbocycles. The van der Waals surface area contributed by atoms with Crippen molar-refractivity contribution in [2.75, 3.05) is 13.1 Å². The second-order valence-corrected chi connectivity index (χ2v) is 6.62. The summed E-state index contributed by atoms with van der Waals surface area (Å²) in [6.07, 6.45) is 1.03. The lowest BCUT2D eigenvalue weighted by Crippen LogP contribution is -2.29. The Morgan fingerprint density at radius 1 is 1.40 bits per heavy atom. The van der Waals surface area contributed by atoms with Gasteiger partial charge in [-0.15, -0.1) is 11.8 Å².